The van der Waals surface area contributed by atoms with Gasteiger partial charge in [0, 0.05) is 61.9 Å². The van der Waals surface area contributed by atoms with Gasteiger partial charge < -0.3 is 20.2 Å². The van der Waals surface area contributed by atoms with Crippen molar-refractivity contribution in [3.05, 3.63) is 88.2 Å². The first kappa shape index (κ1) is 33.1. The molecule has 2 saturated heterocycles. The summed E-state index contributed by atoms with van der Waals surface area (Å²) < 4.78 is 29.9. The average molecular weight is 676 g/mol. The summed E-state index contributed by atoms with van der Waals surface area (Å²) in [7, 11) is -0.586. The van der Waals surface area contributed by atoms with Gasteiger partial charge >= 0.3 is 0 Å². The molecule has 0 radical (unpaired) electrons. The number of carbonyl (C=O) groups is 2. The minimum Gasteiger partial charge on any atom is -0.378 e. The number of sulfonamides is 1. The van der Waals surface area contributed by atoms with Gasteiger partial charge in [0.2, 0.25) is 15.9 Å². The summed E-state index contributed by atoms with van der Waals surface area (Å²) in [5.41, 5.74) is 1.94. The number of anilines is 1. The Labute approximate surface area is 273 Å². The number of aliphatic hydroxyl groups excluding tert-OH is 1. The molecule has 240 valence electrons. The maximum Gasteiger partial charge on any atom is 0.251 e. The van der Waals surface area contributed by atoms with E-state index in [2.05, 4.69) is 10.3 Å². The third-order valence-corrected chi connectivity index (χ3v) is 10.8. The lowest BCUT2D eigenvalue weighted by Gasteiger charge is -2.56. The molecule has 2 aromatic carbocycles. The fraction of sp³-hybridized carbons (Fsp3) is 0.387. The van der Waals surface area contributed by atoms with Crippen LogP contribution >= 0.6 is 23.2 Å². The smallest absolute Gasteiger partial charge is 0.251 e. The number of piperazine rings is 1. The minimum absolute atomic E-state index is 0.0330. The number of hydrogen-bond acceptors (Lipinski definition) is 8. The lowest BCUT2D eigenvalue weighted by Crippen LogP contribution is -2.77. The second kappa shape index (κ2) is 13.2. The van der Waals surface area contributed by atoms with Crippen LogP contribution in [0, 0.1) is 0 Å². The Balaban J connectivity index is 1.58. The van der Waals surface area contributed by atoms with Crippen LogP contribution in [0.2, 0.25) is 10.0 Å². The lowest BCUT2D eigenvalue weighted by atomic mass is 9.96. The predicted octanol–water partition coefficient (Wildman–Crippen LogP) is 3.07. The van der Waals surface area contributed by atoms with E-state index in [1.165, 1.54) is 27.4 Å². The Morgan fingerprint density at radius 3 is 2.42 bits per heavy atom. The first-order valence-electron chi connectivity index (χ1n) is 14.5. The predicted molar refractivity (Wildman–Crippen MR) is 173 cm³/mol. The van der Waals surface area contributed by atoms with Gasteiger partial charge in [-0.2, -0.15) is 4.31 Å². The van der Waals surface area contributed by atoms with E-state index in [0.29, 0.717) is 5.56 Å². The minimum atomic E-state index is -4.34. The molecule has 5 rings (SSSR count). The van der Waals surface area contributed by atoms with E-state index < -0.39 is 46.3 Å². The fourth-order valence-corrected chi connectivity index (χ4v) is 8.21. The van der Waals surface area contributed by atoms with Crippen LogP contribution in [0.15, 0.2) is 71.9 Å². The molecular formula is C31H36Cl2N6O5S. The van der Waals surface area contributed by atoms with Crippen molar-refractivity contribution in [1.29, 1.82) is 0 Å². The highest BCUT2D eigenvalue weighted by Crippen LogP contribution is 2.36. The van der Waals surface area contributed by atoms with Crippen molar-refractivity contribution in [3.8, 4) is 0 Å². The standard InChI is InChI=1S/C31H36Cl2N6O5S/c1-19(2)37-18-28-38(45(43,44)27-12-9-22(32)15-24(27)33)17-25(35-29(40)21-7-10-23(11-8-21)36(3)4)30(41)39(28)26(31(37)42)14-20-6-5-13-34-16-20/h5-13,15-16,19,25-26,28,31,42H,14,17-18H2,1-4H3,(H,35,40). The molecule has 4 atom stereocenters. The zero-order chi connectivity index (χ0) is 32.6. The third-order valence-electron chi connectivity index (χ3n) is 8.25. The van der Waals surface area contributed by atoms with Gasteiger partial charge in [0.25, 0.3) is 5.91 Å². The topological polar surface area (TPSA) is 126 Å². The number of benzene rings is 2. The quantitative estimate of drug-likeness (QED) is 0.374. The van der Waals surface area contributed by atoms with Gasteiger partial charge in [0.1, 0.15) is 23.3 Å². The molecule has 0 saturated carbocycles. The van der Waals surface area contributed by atoms with E-state index >= 15 is 0 Å². The largest absolute Gasteiger partial charge is 0.378 e. The van der Waals surface area contributed by atoms with Crippen molar-refractivity contribution in [2.24, 2.45) is 0 Å². The lowest BCUT2D eigenvalue weighted by molar-refractivity contribution is -0.182. The number of rotatable bonds is 8. The summed E-state index contributed by atoms with van der Waals surface area (Å²) in [5, 5.41) is 14.6. The van der Waals surface area contributed by atoms with Gasteiger partial charge in [-0.25, -0.2) is 8.42 Å². The Bertz CT molecular complexity index is 1660. The average Bonchev–Trinajstić information content (AvgIpc) is 2.99. The number of nitrogens with one attached hydrogen (secondary N) is 1. The van der Waals surface area contributed by atoms with Gasteiger partial charge in [0.15, 0.2) is 0 Å². The summed E-state index contributed by atoms with van der Waals surface area (Å²) in [6, 6.07) is 12.2. The molecule has 0 bridgehead atoms. The Kier molecular flexibility index (Phi) is 9.73. The van der Waals surface area contributed by atoms with Crippen LogP contribution in [-0.4, -0.2) is 102 Å². The van der Waals surface area contributed by atoms with Crippen LogP contribution in [0.1, 0.15) is 29.8 Å². The van der Waals surface area contributed by atoms with E-state index in [4.69, 9.17) is 23.2 Å². The Morgan fingerprint density at radius 1 is 1.11 bits per heavy atom. The Hall–Kier alpha value is -3.26. The van der Waals surface area contributed by atoms with Crippen molar-refractivity contribution in [3.63, 3.8) is 0 Å². The van der Waals surface area contributed by atoms with E-state index in [1.54, 1.807) is 47.6 Å². The van der Waals surface area contributed by atoms with Gasteiger partial charge in [-0.3, -0.25) is 19.5 Å². The van der Waals surface area contributed by atoms with Crippen LogP contribution in [0.4, 0.5) is 5.69 Å². The van der Waals surface area contributed by atoms with Crippen molar-refractivity contribution < 1.29 is 23.1 Å². The van der Waals surface area contributed by atoms with Crippen LogP contribution in [0.3, 0.4) is 0 Å². The molecule has 2 aliphatic rings. The van der Waals surface area contributed by atoms with E-state index in [9.17, 15) is 23.1 Å². The highest BCUT2D eigenvalue weighted by atomic mass is 35.5. The molecule has 1 aromatic heterocycles. The number of fused-ring (bicyclic) bond motifs is 1. The number of aliphatic hydroxyl groups is 1. The maximum atomic E-state index is 14.4. The molecule has 2 aliphatic heterocycles. The SMILES string of the molecule is CC(C)N1CC2N(C(=O)C(NC(=O)c3ccc(N(C)C)cc3)CN2S(=O)(=O)c2ccc(Cl)cc2Cl)C(Cc2cccnc2)C1O. The summed E-state index contributed by atoms with van der Waals surface area (Å²) in [4.78, 5) is 36.8. The van der Waals surface area contributed by atoms with Gasteiger partial charge in [0.05, 0.1) is 11.1 Å². The summed E-state index contributed by atoms with van der Waals surface area (Å²) in [6.07, 6.45) is 1.33. The van der Waals surface area contributed by atoms with Crippen LogP contribution in [0.25, 0.3) is 0 Å². The monoisotopic (exact) mass is 674 g/mol. The molecule has 0 aliphatic carbocycles. The number of amides is 2. The second-order valence-electron chi connectivity index (χ2n) is 11.7. The highest BCUT2D eigenvalue weighted by molar-refractivity contribution is 7.89. The first-order chi connectivity index (χ1) is 21.3. The molecule has 3 heterocycles. The molecule has 0 spiro atoms. The van der Waals surface area contributed by atoms with Crippen molar-refractivity contribution in [2.45, 2.75) is 55.7 Å². The highest BCUT2D eigenvalue weighted by Gasteiger charge is 2.54. The van der Waals surface area contributed by atoms with E-state index in [-0.39, 0.29) is 40.5 Å². The Morgan fingerprint density at radius 2 is 1.82 bits per heavy atom. The van der Waals surface area contributed by atoms with E-state index in [1.807, 2.05) is 38.9 Å². The molecule has 3 aromatic rings. The third kappa shape index (κ3) is 6.67. The van der Waals surface area contributed by atoms with Crippen LogP contribution in [0.5, 0.6) is 0 Å². The zero-order valence-electron chi connectivity index (χ0n) is 25.3. The number of pyridine rings is 1. The summed E-state index contributed by atoms with van der Waals surface area (Å²) >= 11 is 12.5. The van der Waals surface area contributed by atoms with E-state index in [0.717, 1.165) is 11.3 Å². The molecule has 14 heteroatoms. The summed E-state index contributed by atoms with van der Waals surface area (Å²) in [6.45, 7) is 3.48. The number of nitrogens with zero attached hydrogens (tertiary/aromatic N) is 5. The molecule has 45 heavy (non-hydrogen) atoms. The molecular weight excluding hydrogens is 639 g/mol. The number of hydrogen-bond donors (Lipinski definition) is 2. The number of aromatic nitrogens is 1. The van der Waals surface area contributed by atoms with Crippen LogP contribution < -0.4 is 10.2 Å². The molecule has 4 unspecified atom stereocenters. The molecule has 2 amide bonds. The summed E-state index contributed by atoms with van der Waals surface area (Å²) in [5.74, 6) is -1.03. The first-order valence-corrected chi connectivity index (χ1v) is 16.7. The zero-order valence-corrected chi connectivity index (χ0v) is 27.7. The van der Waals surface area contributed by atoms with Crippen LogP contribution in [-0.2, 0) is 21.2 Å². The number of carbonyl (C=O) groups excluding carboxylic acids is 2. The number of halogens is 2. The van der Waals surface area contributed by atoms with Crippen molar-refractivity contribution in [1.82, 2.24) is 24.4 Å². The molecule has 2 fully saturated rings. The van der Waals surface area contributed by atoms with Gasteiger partial charge in [-0.15, -0.1) is 0 Å². The molecule has 11 nitrogen and oxygen atoms in total. The second-order valence-corrected chi connectivity index (χ2v) is 14.4. The van der Waals surface area contributed by atoms with Crippen molar-refractivity contribution in [2.75, 3.05) is 32.1 Å². The van der Waals surface area contributed by atoms with Gasteiger partial charge in [-0.1, -0.05) is 29.3 Å². The normalized spacial score (nSPS) is 22.8. The molecule has 2 N–H and O–H groups in total. The van der Waals surface area contributed by atoms with Gasteiger partial charge in [-0.05, 0) is 74.4 Å². The van der Waals surface area contributed by atoms with Crippen molar-refractivity contribution >= 4 is 50.7 Å². The fourth-order valence-electron chi connectivity index (χ4n) is 5.88. The maximum absolute atomic E-state index is 14.4.